The first kappa shape index (κ1) is 29.9. The van der Waals surface area contributed by atoms with Gasteiger partial charge >= 0.3 is 6.09 Å². The summed E-state index contributed by atoms with van der Waals surface area (Å²) in [5.74, 6) is 0.205. The third kappa shape index (κ3) is 8.47. The summed E-state index contributed by atoms with van der Waals surface area (Å²) in [5.41, 5.74) is 5.28. The molecule has 9 heteroatoms. The molecule has 1 fully saturated rings. The lowest BCUT2D eigenvalue weighted by atomic mass is 10.0. The maximum Gasteiger partial charge on any atom is 0.411 e. The van der Waals surface area contributed by atoms with Crippen LogP contribution in [-0.4, -0.2) is 71.2 Å². The summed E-state index contributed by atoms with van der Waals surface area (Å²) < 4.78 is 5.76. The molecule has 2 heterocycles. The molecule has 4 aromatic rings. The maximum absolute atomic E-state index is 13.0. The predicted molar refractivity (Wildman–Crippen MR) is 168 cm³/mol. The smallest absolute Gasteiger partial charge is 0.411 e. The van der Waals surface area contributed by atoms with Gasteiger partial charge in [0.1, 0.15) is 17.5 Å². The molecule has 5 rings (SSSR count). The minimum atomic E-state index is -0.437. The van der Waals surface area contributed by atoms with E-state index in [1.807, 2.05) is 85.9 Å². The monoisotopic (exact) mass is 581 g/mol. The molecule has 43 heavy (non-hydrogen) atoms. The summed E-state index contributed by atoms with van der Waals surface area (Å²) in [5, 5.41) is 15.7. The van der Waals surface area contributed by atoms with Gasteiger partial charge in [-0.1, -0.05) is 60.7 Å². The Kier molecular flexibility index (Phi) is 10.1. The van der Waals surface area contributed by atoms with E-state index in [1.54, 1.807) is 17.0 Å². The van der Waals surface area contributed by atoms with Crippen molar-refractivity contribution >= 4 is 17.7 Å². The van der Waals surface area contributed by atoms with Crippen LogP contribution in [0.25, 0.3) is 11.1 Å². The molecule has 0 saturated carbocycles. The molecule has 4 N–H and O–H groups in total. The number of anilines is 1. The van der Waals surface area contributed by atoms with Crippen LogP contribution in [0.3, 0.4) is 0 Å². The Morgan fingerprint density at radius 2 is 1.65 bits per heavy atom. The van der Waals surface area contributed by atoms with E-state index in [1.165, 1.54) is 0 Å². The van der Waals surface area contributed by atoms with Crippen LogP contribution in [-0.2, 0) is 17.8 Å². The summed E-state index contributed by atoms with van der Waals surface area (Å²) in [7, 11) is 1.82. The van der Waals surface area contributed by atoms with Crippen LogP contribution in [0.1, 0.15) is 34.6 Å². The van der Waals surface area contributed by atoms with Gasteiger partial charge in [-0.05, 0) is 54.3 Å². The first-order chi connectivity index (χ1) is 20.9. The number of amides is 2. The van der Waals surface area contributed by atoms with E-state index in [9.17, 15) is 14.7 Å². The molecule has 0 radical (unpaired) electrons. The van der Waals surface area contributed by atoms with E-state index < -0.39 is 6.09 Å². The number of carbonyl (C=O) groups is 2. The highest BCUT2D eigenvalue weighted by atomic mass is 16.6. The lowest BCUT2D eigenvalue weighted by molar-refractivity contribution is 0.0539. The van der Waals surface area contributed by atoms with Gasteiger partial charge in [0, 0.05) is 57.6 Å². The molecule has 1 aromatic heterocycles. The molecule has 224 valence electrons. The number of hydrogen-bond donors (Lipinski definition) is 4. The van der Waals surface area contributed by atoms with Gasteiger partial charge in [-0.3, -0.25) is 10.1 Å². The van der Waals surface area contributed by atoms with Crippen LogP contribution in [0.15, 0.2) is 91.0 Å². The number of likely N-dealkylation sites (N-methyl/N-ethyl adjacent to an activating group) is 1. The lowest BCUT2D eigenvalue weighted by Crippen LogP contribution is -2.42. The van der Waals surface area contributed by atoms with E-state index in [0.29, 0.717) is 25.3 Å². The van der Waals surface area contributed by atoms with Crippen molar-refractivity contribution in [3.05, 3.63) is 108 Å². The molecule has 3 aromatic carbocycles. The Morgan fingerprint density at radius 1 is 0.930 bits per heavy atom. The molecule has 2 amide bonds. The number of hydrogen-bond acceptors (Lipinski definition) is 6. The van der Waals surface area contributed by atoms with E-state index in [0.717, 1.165) is 60.5 Å². The van der Waals surface area contributed by atoms with Crippen molar-refractivity contribution in [2.24, 2.45) is 0 Å². The van der Waals surface area contributed by atoms with Crippen LogP contribution in [0.4, 0.5) is 10.5 Å². The van der Waals surface area contributed by atoms with E-state index in [2.05, 4.69) is 20.5 Å². The van der Waals surface area contributed by atoms with Gasteiger partial charge in [-0.25, -0.2) is 4.79 Å². The number of aromatic amines is 1. The first-order valence-electron chi connectivity index (χ1n) is 14.7. The van der Waals surface area contributed by atoms with Gasteiger partial charge in [0.05, 0.1) is 5.69 Å². The SMILES string of the molecule is CN(CCN1CCC(OC(=O)Nc2ccccc2-c2ccccc2)CC1)C(=O)c1ccc(CNCc2ccc(O)cc2)[nH]1. The Morgan fingerprint density at radius 3 is 2.42 bits per heavy atom. The molecule has 1 aliphatic rings. The van der Waals surface area contributed by atoms with Crippen molar-refractivity contribution in [3.63, 3.8) is 0 Å². The third-order valence-corrected chi connectivity index (χ3v) is 7.71. The van der Waals surface area contributed by atoms with Crippen molar-refractivity contribution < 1.29 is 19.4 Å². The highest BCUT2D eigenvalue weighted by Crippen LogP contribution is 2.28. The predicted octanol–water partition coefficient (Wildman–Crippen LogP) is 5.46. The Balaban J connectivity index is 1.01. The number of aromatic hydroxyl groups is 1. The molecule has 0 atom stereocenters. The number of para-hydroxylation sites is 1. The van der Waals surface area contributed by atoms with Crippen LogP contribution in [0, 0.1) is 0 Å². The third-order valence-electron chi connectivity index (χ3n) is 7.71. The molecular formula is C34H39N5O4. The number of ether oxygens (including phenoxy) is 1. The molecule has 0 aliphatic carbocycles. The molecule has 0 bridgehead atoms. The van der Waals surface area contributed by atoms with E-state index in [-0.39, 0.29) is 17.8 Å². The number of likely N-dealkylation sites (tertiary alicyclic amines) is 1. The second kappa shape index (κ2) is 14.5. The van der Waals surface area contributed by atoms with Gasteiger partial charge in [0.15, 0.2) is 0 Å². The van der Waals surface area contributed by atoms with Crippen LogP contribution >= 0.6 is 0 Å². The fourth-order valence-electron chi connectivity index (χ4n) is 5.23. The highest BCUT2D eigenvalue weighted by molar-refractivity contribution is 5.92. The summed E-state index contributed by atoms with van der Waals surface area (Å²) in [6.45, 7) is 4.24. The van der Waals surface area contributed by atoms with Crippen molar-refractivity contribution in [2.45, 2.75) is 32.0 Å². The summed E-state index contributed by atoms with van der Waals surface area (Å²) in [4.78, 5) is 32.9. The summed E-state index contributed by atoms with van der Waals surface area (Å²) in [6, 6.07) is 28.5. The first-order valence-corrected chi connectivity index (χ1v) is 14.7. The lowest BCUT2D eigenvalue weighted by Gasteiger charge is -2.32. The van der Waals surface area contributed by atoms with Crippen molar-refractivity contribution in [2.75, 3.05) is 38.5 Å². The van der Waals surface area contributed by atoms with Gasteiger partial charge in [-0.2, -0.15) is 0 Å². The molecular weight excluding hydrogens is 542 g/mol. The quantitative estimate of drug-likeness (QED) is 0.187. The fraction of sp³-hybridized carbons (Fsp3) is 0.294. The summed E-state index contributed by atoms with van der Waals surface area (Å²) >= 11 is 0. The minimum Gasteiger partial charge on any atom is -0.508 e. The normalized spacial score (nSPS) is 13.9. The number of carbonyl (C=O) groups excluding carboxylic acids is 2. The van der Waals surface area contributed by atoms with Crippen molar-refractivity contribution in [1.82, 2.24) is 20.1 Å². The average Bonchev–Trinajstić information content (AvgIpc) is 3.51. The van der Waals surface area contributed by atoms with Crippen molar-refractivity contribution in [3.8, 4) is 16.9 Å². The Bertz CT molecular complexity index is 1480. The Labute approximate surface area is 252 Å². The minimum absolute atomic E-state index is 0.0459. The van der Waals surface area contributed by atoms with Gasteiger partial charge in [0.25, 0.3) is 5.91 Å². The number of rotatable bonds is 11. The zero-order valence-corrected chi connectivity index (χ0v) is 24.5. The molecule has 1 saturated heterocycles. The number of H-pyrrole nitrogens is 1. The second-order valence-corrected chi connectivity index (χ2v) is 10.9. The number of phenolic OH excluding ortho intramolecular Hbond substituents is 1. The second-order valence-electron chi connectivity index (χ2n) is 10.9. The number of nitrogens with zero attached hydrogens (tertiary/aromatic N) is 2. The molecule has 9 nitrogen and oxygen atoms in total. The number of aromatic nitrogens is 1. The number of nitrogens with one attached hydrogen (secondary N) is 3. The number of benzene rings is 3. The van der Waals surface area contributed by atoms with Crippen LogP contribution < -0.4 is 10.6 Å². The van der Waals surface area contributed by atoms with Crippen LogP contribution in [0.2, 0.25) is 0 Å². The fourth-order valence-corrected chi connectivity index (χ4v) is 5.23. The average molecular weight is 582 g/mol. The zero-order valence-electron chi connectivity index (χ0n) is 24.5. The van der Waals surface area contributed by atoms with Crippen LogP contribution in [0.5, 0.6) is 5.75 Å². The van der Waals surface area contributed by atoms with E-state index in [4.69, 9.17) is 4.74 Å². The van der Waals surface area contributed by atoms with E-state index >= 15 is 0 Å². The molecule has 0 spiro atoms. The Hall–Kier alpha value is -4.60. The van der Waals surface area contributed by atoms with Gasteiger partial charge in [0.2, 0.25) is 0 Å². The molecule has 1 aliphatic heterocycles. The zero-order chi connectivity index (χ0) is 30.0. The number of piperidine rings is 1. The number of phenols is 1. The standard InChI is InChI=1S/C34H39N5O4/c1-38(33(41)32-16-13-27(36-32)24-35-23-25-11-14-28(40)15-12-25)21-22-39-19-17-29(18-20-39)43-34(42)37-31-10-6-5-9-30(31)26-7-3-2-4-8-26/h2-16,29,35-36,40H,17-24H2,1H3,(H,37,42). The largest absolute Gasteiger partial charge is 0.508 e. The summed E-state index contributed by atoms with van der Waals surface area (Å²) in [6.07, 6.45) is 0.929. The maximum atomic E-state index is 13.0. The van der Waals surface area contributed by atoms with Gasteiger partial charge in [-0.15, -0.1) is 0 Å². The molecule has 0 unspecified atom stereocenters. The topological polar surface area (TPSA) is 110 Å². The van der Waals surface area contributed by atoms with Gasteiger partial charge < -0.3 is 29.9 Å². The highest BCUT2D eigenvalue weighted by Gasteiger charge is 2.23. The van der Waals surface area contributed by atoms with Crippen molar-refractivity contribution in [1.29, 1.82) is 0 Å².